The van der Waals surface area contributed by atoms with Crippen LogP contribution >= 0.6 is 0 Å². The second-order valence-electron chi connectivity index (χ2n) is 8.85. The molecule has 1 heterocycles. The Morgan fingerprint density at radius 1 is 1.07 bits per heavy atom. The van der Waals surface area contributed by atoms with Gasteiger partial charge in [0.05, 0.1) is 27.9 Å². The highest BCUT2D eigenvalue weighted by molar-refractivity contribution is 5.92. The van der Waals surface area contributed by atoms with E-state index in [1.807, 2.05) is 0 Å². The molecule has 0 radical (unpaired) electrons. The fourth-order valence-corrected chi connectivity index (χ4v) is 5.86. The van der Waals surface area contributed by atoms with E-state index in [0.29, 0.717) is 18.1 Å². The molecule has 0 unspecified atom stereocenters. The molecule has 3 aliphatic rings. The van der Waals surface area contributed by atoms with Crippen LogP contribution in [-0.4, -0.2) is 33.9 Å². The highest BCUT2D eigenvalue weighted by atomic mass is 16.5. The first-order valence-corrected chi connectivity index (χ1v) is 10.1. The number of carbonyl (C=O) groups excluding carboxylic acids is 1. The van der Waals surface area contributed by atoms with Crippen LogP contribution in [0.2, 0.25) is 0 Å². The van der Waals surface area contributed by atoms with Crippen molar-refractivity contribution >= 4 is 12.0 Å². The predicted molar refractivity (Wildman–Crippen MR) is 107 cm³/mol. The molecule has 152 valence electrons. The summed E-state index contributed by atoms with van der Waals surface area (Å²) in [4.78, 5) is 13.4. The third-order valence-electron chi connectivity index (χ3n) is 7.03. The maximum absolute atomic E-state index is 13.4. The quantitative estimate of drug-likeness (QED) is 0.715. The fraction of sp³-hybridized carbons (Fsp3) is 0.609. The summed E-state index contributed by atoms with van der Waals surface area (Å²) in [5, 5.41) is 0. The van der Waals surface area contributed by atoms with E-state index in [0.717, 1.165) is 41.7 Å². The molecule has 1 saturated heterocycles. The van der Waals surface area contributed by atoms with Crippen molar-refractivity contribution in [1.82, 2.24) is 0 Å². The number of methoxy groups -OCH3 is 3. The average molecular weight is 386 g/mol. The third-order valence-corrected chi connectivity index (χ3v) is 7.03. The van der Waals surface area contributed by atoms with Gasteiger partial charge in [-0.25, -0.2) is 0 Å². The molecule has 28 heavy (non-hydrogen) atoms. The molecule has 0 amide bonds. The molecule has 5 heteroatoms. The normalized spacial score (nSPS) is 30.4. The largest absolute Gasteiger partial charge is 0.496 e. The number of ether oxygens (including phenoxy) is 4. The summed E-state index contributed by atoms with van der Waals surface area (Å²) in [6.45, 7) is 6.91. The SMILES string of the molecule is COc1c2c(c(OC)c(OC)c1C(C)C)[C@]13CCC[C@](C)(COC1=O)[C@@H]3C=C2. The lowest BCUT2D eigenvalue weighted by Gasteiger charge is -2.56. The molecule has 1 saturated carbocycles. The summed E-state index contributed by atoms with van der Waals surface area (Å²) < 4.78 is 23.4. The molecule has 0 spiro atoms. The van der Waals surface area contributed by atoms with Crippen LogP contribution in [0.4, 0.5) is 0 Å². The number of rotatable bonds is 4. The fourth-order valence-electron chi connectivity index (χ4n) is 5.86. The standard InChI is InChI=1S/C23H30O5/c1-13(2)16-18(25-4)14-8-9-15-22(3)10-7-11-23(15,21(24)28-12-22)17(14)20(27-6)19(16)26-5/h8-9,13,15H,7,10-12H2,1-6H3/t15-,22+,23+/m0/s1. The number of fused-ring (bicyclic) bond motifs is 1. The Bertz CT molecular complexity index is 855. The Morgan fingerprint density at radius 3 is 2.36 bits per heavy atom. The van der Waals surface area contributed by atoms with Crippen molar-refractivity contribution in [2.75, 3.05) is 27.9 Å². The van der Waals surface area contributed by atoms with Gasteiger partial charge in [0, 0.05) is 28.0 Å². The smallest absolute Gasteiger partial charge is 0.317 e. The molecule has 1 aromatic rings. The van der Waals surface area contributed by atoms with E-state index in [1.54, 1.807) is 21.3 Å². The average Bonchev–Trinajstić information content (AvgIpc) is 2.68. The molecule has 1 aliphatic heterocycles. The second kappa shape index (κ2) is 6.43. The number of carbonyl (C=O) groups is 1. The number of benzene rings is 1. The van der Waals surface area contributed by atoms with Gasteiger partial charge < -0.3 is 18.9 Å². The van der Waals surface area contributed by atoms with Gasteiger partial charge in [0.1, 0.15) is 11.2 Å². The minimum atomic E-state index is -0.753. The van der Waals surface area contributed by atoms with Crippen molar-refractivity contribution in [1.29, 1.82) is 0 Å². The minimum absolute atomic E-state index is 0.0669. The van der Waals surface area contributed by atoms with Crippen molar-refractivity contribution in [3.8, 4) is 17.2 Å². The summed E-state index contributed by atoms with van der Waals surface area (Å²) in [5.74, 6) is 2.15. The van der Waals surface area contributed by atoms with Gasteiger partial charge in [0.15, 0.2) is 11.5 Å². The van der Waals surface area contributed by atoms with Gasteiger partial charge in [0.2, 0.25) is 0 Å². The number of allylic oxidation sites excluding steroid dienone is 1. The van der Waals surface area contributed by atoms with Crippen LogP contribution < -0.4 is 14.2 Å². The Balaban J connectivity index is 2.13. The summed E-state index contributed by atoms with van der Waals surface area (Å²) in [7, 11) is 4.97. The van der Waals surface area contributed by atoms with Crippen LogP contribution in [0.5, 0.6) is 17.2 Å². The first-order chi connectivity index (χ1) is 13.4. The van der Waals surface area contributed by atoms with Crippen molar-refractivity contribution in [2.24, 2.45) is 11.3 Å². The molecule has 4 rings (SSSR count). The van der Waals surface area contributed by atoms with Gasteiger partial charge in [-0.1, -0.05) is 39.3 Å². The molecule has 1 aromatic carbocycles. The highest BCUT2D eigenvalue weighted by Gasteiger charge is 2.63. The molecule has 2 fully saturated rings. The molecule has 2 bridgehead atoms. The molecule has 3 atom stereocenters. The number of esters is 1. The van der Waals surface area contributed by atoms with Gasteiger partial charge in [-0.3, -0.25) is 4.79 Å². The Morgan fingerprint density at radius 2 is 1.75 bits per heavy atom. The first-order valence-electron chi connectivity index (χ1n) is 10.1. The van der Waals surface area contributed by atoms with Gasteiger partial charge in [0.25, 0.3) is 0 Å². The summed E-state index contributed by atoms with van der Waals surface area (Å²) >= 11 is 0. The van der Waals surface area contributed by atoms with Crippen molar-refractivity contribution in [3.63, 3.8) is 0 Å². The molecule has 0 aromatic heterocycles. The number of hydrogen-bond acceptors (Lipinski definition) is 5. The zero-order valence-electron chi connectivity index (χ0n) is 17.7. The van der Waals surface area contributed by atoms with E-state index < -0.39 is 5.41 Å². The Kier molecular flexibility index (Phi) is 4.40. The van der Waals surface area contributed by atoms with E-state index in [1.165, 1.54) is 0 Å². The molecule has 0 N–H and O–H groups in total. The lowest BCUT2D eigenvalue weighted by Crippen LogP contribution is -2.59. The Hall–Kier alpha value is -2.17. The molecule has 5 nitrogen and oxygen atoms in total. The van der Waals surface area contributed by atoms with Crippen LogP contribution in [-0.2, 0) is 14.9 Å². The van der Waals surface area contributed by atoms with E-state index >= 15 is 0 Å². The second-order valence-corrected chi connectivity index (χ2v) is 8.85. The summed E-state index contributed by atoms with van der Waals surface area (Å²) in [6.07, 6.45) is 7.10. The third kappa shape index (κ3) is 2.22. The summed E-state index contributed by atoms with van der Waals surface area (Å²) in [6, 6.07) is 0. The topological polar surface area (TPSA) is 54.0 Å². The van der Waals surface area contributed by atoms with E-state index in [4.69, 9.17) is 18.9 Å². The van der Waals surface area contributed by atoms with Crippen LogP contribution in [0.15, 0.2) is 6.08 Å². The number of hydrogen-bond donors (Lipinski definition) is 0. The monoisotopic (exact) mass is 386 g/mol. The van der Waals surface area contributed by atoms with Gasteiger partial charge >= 0.3 is 5.97 Å². The van der Waals surface area contributed by atoms with Crippen molar-refractivity contribution in [2.45, 2.75) is 51.4 Å². The van der Waals surface area contributed by atoms with Crippen LogP contribution in [0.25, 0.3) is 6.08 Å². The van der Waals surface area contributed by atoms with Crippen molar-refractivity contribution < 1.29 is 23.7 Å². The van der Waals surface area contributed by atoms with E-state index in [9.17, 15) is 4.79 Å². The van der Waals surface area contributed by atoms with Crippen LogP contribution in [0.1, 0.15) is 62.6 Å². The lowest BCUT2D eigenvalue weighted by atomic mass is 9.49. The molecule has 2 aliphatic carbocycles. The minimum Gasteiger partial charge on any atom is -0.496 e. The van der Waals surface area contributed by atoms with E-state index in [-0.39, 0.29) is 23.2 Å². The predicted octanol–water partition coefficient (Wildman–Crippen LogP) is 4.46. The zero-order chi connectivity index (χ0) is 20.3. The lowest BCUT2D eigenvalue weighted by molar-refractivity contribution is -0.177. The van der Waals surface area contributed by atoms with Crippen LogP contribution in [0.3, 0.4) is 0 Å². The van der Waals surface area contributed by atoms with Gasteiger partial charge in [-0.15, -0.1) is 0 Å². The maximum atomic E-state index is 13.4. The first kappa shape index (κ1) is 19.2. The van der Waals surface area contributed by atoms with E-state index in [2.05, 4.69) is 32.9 Å². The van der Waals surface area contributed by atoms with Crippen molar-refractivity contribution in [3.05, 3.63) is 22.8 Å². The van der Waals surface area contributed by atoms with Gasteiger partial charge in [-0.2, -0.15) is 0 Å². The highest BCUT2D eigenvalue weighted by Crippen LogP contribution is 2.64. The molecular weight excluding hydrogens is 356 g/mol. The van der Waals surface area contributed by atoms with Crippen LogP contribution in [0, 0.1) is 11.3 Å². The van der Waals surface area contributed by atoms with Gasteiger partial charge in [-0.05, 0) is 18.8 Å². The Labute approximate surface area is 167 Å². The zero-order valence-corrected chi connectivity index (χ0v) is 17.7. The summed E-state index contributed by atoms with van der Waals surface area (Å²) in [5.41, 5.74) is 1.93. The number of cyclic esters (lactones) is 1. The maximum Gasteiger partial charge on any atom is 0.317 e. The molecular formula is C23H30O5.